The van der Waals surface area contributed by atoms with Crippen LogP contribution in [0.15, 0.2) is 24.3 Å². The third-order valence-corrected chi connectivity index (χ3v) is 7.40. The molecule has 0 fully saturated rings. The van der Waals surface area contributed by atoms with Crippen LogP contribution in [0.5, 0.6) is 0 Å². The molecule has 1 aromatic rings. The maximum atomic E-state index is 10.6. The lowest BCUT2D eigenvalue weighted by Gasteiger charge is -2.39. The Morgan fingerprint density at radius 3 is 1.42 bits per heavy atom. The number of quaternary nitrogens is 1. The van der Waals surface area contributed by atoms with E-state index in [0.717, 1.165) is 12.8 Å². The van der Waals surface area contributed by atoms with Crippen LogP contribution in [0, 0.1) is 5.92 Å². The minimum absolute atomic E-state index is 0.0186. The van der Waals surface area contributed by atoms with Crippen molar-refractivity contribution in [2.75, 3.05) is 31.9 Å². The van der Waals surface area contributed by atoms with Crippen LogP contribution in [0.25, 0.3) is 0 Å². The number of nitrogens with zero attached hydrogens (tertiary/aromatic N) is 1. The fourth-order valence-corrected chi connectivity index (χ4v) is 5.51. The van der Waals surface area contributed by atoms with Gasteiger partial charge in [0.2, 0.25) is 0 Å². The predicted molar refractivity (Wildman–Crippen MR) is 131 cm³/mol. The Hall–Kier alpha value is -0.910. The molecule has 0 unspecified atom stereocenters. The molecular formula is C26H47NO3S. The van der Waals surface area contributed by atoms with E-state index < -0.39 is 10.1 Å². The minimum Gasteiger partial charge on any atom is -0.748 e. The highest BCUT2D eigenvalue weighted by Gasteiger charge is 2.25. The number of benzene rings is 1. The van der Waals surface area contributed by atoms with E-state index in [1.807, 2.05) is 24.3 Å². The number of hydrogen-bond acceptors (Lipinski definition) is 3. The number of rotatable bonds is 14. The van der Waals surface area contributed by atoms with Crippen molar-refractivity contribution in [3.8, 4) is 0 Å². The monoisotopic (exact) mass is 453 g/mol. The van der Waals surface area contributed by atoms with Crippen LogP contribution in [0.3, 0.4) is 0 Å². The van der Waals surface area contributed by atoms with Gasteiger partial charge in [-0.2, -0.15) is 0 Å². The molecule has 1 aromatic carbocycles. The summed E-state index contributed by atoms with van der Waals surface area (Å²) in [6, 6.07) is 7.86. The van der Waals surface area contributed by atoms with Crippen molar-refractivity contribution in [3.05, 3.63) is 35.4 Å². The lowest BCUT2D eigenvalue weighted by atomic mass is 10.1. The second-order valence-electron chi connectivity index (χ2n) is 9.42. The summed E-state index contributed by atoms with van der Waals surface area (Å²) < 4.78 is 33.2. The van der Waals surface area contributed by atoms with Gasteiger partial charge in [-0.3, -0.25) is 0 Å². The summed E-state index contributed by atoms with van der Waals surface area (Å²) in [6.45, 7) is 15.0. The van der Waals surface area contributed by atoms with Gasteiger partial charge in [-0.15, -0.1) is 0 Å². The molecule has 0 radical (unpaired) electrons. The smallest absolute Gasteiger partial charge is 0.0948 e. The van der Waals surface area contributed by atoms with Gasteiger partial charge < -0.3 is 9.04 Å². The minimum atomic E-state index is -4.08. The Morgan fingerprint density at radius 1 is 0.774 bits per heavy atom. The Kier molecular flexibility index (Phi) is 13.6. The third kappa shape index (κ3) is 11.5. The van der Waals surface area contributed by atoms with Crippen LogP contribution < -0.4 is 0 Å². The van der Waals surface area contributed by atoms with Crippen LogP contribution in [0.1, 0.15) is 90.2 Å². The van der Waals surface area contributed by atoms with E-state index in [2.05, 4.69) is 27.7 Å². The fourth-order valence-electron chi connectivity index (χ4n) is 4.70. The number of hydrogen-bond donors (Lipinski definition) is 0. The zero-order valence-electron chi connectivity index (χ0n) is 20.6. The highest BCUT2D eigenvalue weighted by Crippen LogP contribution is 2.27. The van der Waals surface area contributed by atoms with Gasteiger partial charge in [0.05, 0.1) is 36.3 Å². The van der Waals surface area contributed by atoms with Gasteiger partial charge in [0.1, 0.15) is 0 Å². The van der Waals surface area contributed by atoms with Crippen LogP contribution in [0.2, 0.25) is 0 Å². The predicted octanol–water partition coefficient (Wildman–Crippen LogP) is 5.95. The molecule has 0 aromatic heterocycles. The van der Waals surface area contributed by atoms with Crippen molar-refractivity contribution in [1.29, 1.82) is 0 Å². The van der Waals surface area contributed by atoms with Gasteiger partial charge in [0.15, 0.2) is 0 Å². The molecule has 1 aliphatic rings. The lowest BCUT2D eigenvalue weighted by molar-refractivity contribution is -0.929. The maximum absolute atomic E-state index is 10.6. The van der Waals surface area contributed by atoms with E-state index in [9.17, 15) is 13.0 Å². The summed E-state index contributed by atoms with van der Waals surface area (Å²) in [7, 11) is -4.08. The van der Waals surface area contributed by atoms with Crippen molar-refractivity contribution in [2.24, 2.45) is 5.92 Å². The molecule has 5 heteroatoms. The standard InChI is InChI=1S/C16H36N.C10H12O3S/c1-5-9-13-17(14-10-6-2,15-11-7-3)16-12-8-4;11-14(12,13)7-8-5-9-3-1-2-4-10(9)6-8/h5-16H2,1-4H3;1-4,8H,5-7H2,(H,11,12,13)/q+1;/p-1. The van der Waals surface area contributed by atoms with Crippen LogP contribution in [-0.2, 0) is 23.0 Å². The van der Waals surface area contributed by atoms with E-state index in [-0.39, 0.29) is 11.7 Å². The molecular weight excluding hydrogens is 406 g/mol. The summed E-state index contributed by atoms with van der Waals surface area (Å²) in [5.41, 5.74) is 2.36. The van der Waals surface area contributed by atoms with Crippen molar-refractivity contribution >= 4 is 10.1 Å². The Balaban J connectivity index is 0.000000314. The third-order valence-electron chi connectivity index (χ3n) is 6.52. The molecule has 0 N–H and O–H groups in total. The van der Waals surface area contributed by atoms with E-state index >= 15 is 0 Å². The van der Waals surface area contributed by atoms with Gasteiger partial charge in [-0.1, -0.05) is 77.6 Å². The molecule has 2 rings (SSSR count). The van der Waals surface area contributed by atoms with Gasteiger partial charge in [-0.25, -0.2) is 8.42 Å². The van der Waals surface area contributed by atoms with E-state index in [0.29, 0.717) is 0 Å². The van der Waals surface area contributed by atoms with E-state index in [1.54, 1.807) is 0 Å². The average Bonchev–Trinajstić information content (AvgIpc) is 3.13. The van der Waals surface area contributed by atoms with E-state index in [4.69, 9.17) is 0 Å². The summed E-state index contributed by atoms with van der Waals surface area (Å²) in [5, 5.41) is 0. The van der Waals surface area contributed by atoms with Crippen molar-refractivity contribution in [2.45, 2.75) is 91.9 Å². The molecule has 0 spiro atoms. The first-order valence-corrected chi connectivity index (χ1v) is 14.2. The van der Waals surface area contributed by atoms with Crippen LogP contribution in [0.4, 0.5) is 0 Å². The van der Waals surface area contributed by atoms with E-state index in [1.165, 1.54) is 93.2 Å². The maximum Gasteiger partial charge on any atom is 0.0948 e. The van der Waals surface area contributed by atoms with Gasteiger partial charge in [0, 0.05) is 5.75 Å². The zero-order valence-corrected chi connectivity index (χ0v) is 21.4. The largest absolute Gasteiger partial charge is 0.748 e. The van der Waals surface area contributed by atoms with Crippen molar-refractivity contribution in [1.82, 2.24) is 0 Å². The summed E-state index contributed by atoms with van der Waals surface area (Å²) >= 11 is 0. The molecule has 1 aliphatic carbocycles. The number of fused-ring (bicyclic) bond motifs is 1. The molecule has 0 bridgehead atoms. The molecule has 0 heterocycles. The van der Waals surface area contributed by atoms with Crippen LogP contribution >= 0.6 is 0 Å². The molecule has 0 saturated heterocycles. The van der Waals surface area contributed by atoms with Crippen molar-refractivity contribution in [3.63, 3.8) is 0 Å². The number of unbranched alkanes of at least 4 members (excludes halogenated alkanes) is 4. The molecule has 31 heavy (non-hydrogen) atoms. The molecule has 0 saturated carbocycles. The SMILES string of the molecule is CCCC[N+](CCCC)(CCCC)CCCC.O=S(=O)([O-])CC1Cc2ccccc2C1. The molecule has 180 valence electrons. The zero-order chi connectivity index (χ0) is 23.2. The average molecular weight is 454 g/mol. The highest BCUT2D eigenvalue weighted by atomic mass is 32.2. The van der Waals surface area contributed by atoms with Crippen molar-refractivity contribution < 1.29 is 17.5 Å². The molecule has 4 nitrogen and oxygen atoms in total. The van der Waals surface area contributed by atoms with Crippen LogP contribution in [-0.4, -0.2) is 49.4 Å². The normalized spacial score (nSPS) is 14.2. The summed E-state index contributed by atoms with van der Waals surface area (Å²) in [5.74, 6) is -0.253. The second-order valence-corrected chi connectivity index (χ2v) is 10.9. The highest BCUT2D eigenvalue weighted by molar-refractivity contribution is 7.85. The topological polar surface area (TPSA) is 57.2 Å². The molecule has 0 aliphatic heterocycles. The summed E-state index contributed by atoms with van der Waals surface area (Å²) in [4.78, 5) is 0. The Labute approximate surface area is 192 Å². The Morgan fingerprint density at radius 2 is 1.13 bits per heavy atom. The Bertz CT molecular complexity index is 640. The van der Waals surface area contributed by atoms with Gasteiger partial charge in [0.25, 0.3) is 0 Å². The lowest BCUT2D eigenvalue weighted by Crippen LogP contribution is -2.50. The first-order valence-electron chi connectivity index (χ1n) is 12.6. The molecule has 0 amide bonds. The van der Waals surface area contributed by atoms with Gasteiger partial charge >= 0.3 is 0 Å². The summed E-state index contributed by atoms with van der Waals surface area (Å²) in [6.07, 6.45) is 12.5. The quantitative estimate of drug-likeness (QED) is 0.258. The first-order chi connectivity index (χ1) is 14.8. The molecule has 0 atom stereocenters. The second kappa shape index (κ2) is 15.0. The van der Waals surface area contributed by atoms with Gasteiger partial charge in [-0.05, 0) is 55.6 Å². The first kappa shape index (κ1) is 28.1. The fraction of sp³-hybridized carbons (Fsp3) is 0.769.